The topological polar surface area (TPSA) is 70.9 Å². The highest BCUT2D eigenvalue weighted by Gasteiger charge is 2.14. The average Bonchev–Trinajstić information content (AvgIpc) is 2.74. The number of aliphatic hydroxyl groups is 1. The molecule has 0 aliphatic rings. The van der Waals surface area contributed by atoms with Crippen LogP contribution in [0.25, 0.3) is 22.3 Å². The van der Waals surface area contributed by atoms with E-state index in [4.69, 9.17) is 4.98 Å². The highest BCUT2D eigenvalue weighted by molar-refractivity contribution is 5.90. The van der Waals surface area contributed by atoms with E-state index in [1.165, 1.54) is 0 Å². The van der Waals surface area contributed by atoms with Crippen LogP contribution in [0.3, 0.4) is 0 Å². The molecule has 27 heavy (non-hydrogen) atoms. The monoisotopic (exact) mass is 356 g/mol. The molecule has 0 radical (unpaired) electrons. The second-order valence-corrected chi connectivity index (χ2v) is 6.36. The molecule has 134 valence electrons. The summed E-state index contributed by atoms with van der Waals surface area (Å²) < 4.78 is 0. The Morgan fingerprint density at radius 3 is 2.37 bits per heavy atom. The maximum atomic E-state index is 9.89. The number of para-hydroxylation sites is 1. The first kappa shape index (κ1) is 17.1. The van der Waals surface area contributed by atoms with Gasteiger partial charge in [-0.05, 0) is 36.2 Å². The summed E-state index contributed by atoms with van der Waals surface area (Å²) in [5, 5.41) is 14.2. The van der Waals surface area contributed by atoms with Crippen LogP contribution in [0.1, 0.15) is 5.56 Å². The maximum absolute atomic E-state index is 9.89. The molecule has 4 rings (SSSR count). The normalized spacial score (nSPS) is 12.0. The van der Waals surface area contributed by atoms with Gasteiger partial charge in [-0.2, -0.15) is 0 Å². The predicted octanol–water partition coefficient (Wildman–Crippen LogP) is 3.71. The first-order chi connectivity index (χ1) is 13.3. The van der Waals surface area contributed by atoms with Gasteiger partial charge in [0.2, 0.25) is 0 Å². The Balaban J connectivity index is 1.71. The minimum atomic E-state index is -0.143. The van der Waals surface area contributed by atoms with Gasteiger partial charge in [0.15, 0.2) is 5.82 Å². The van der Waals surface area contributed by atoms with Crippen LogP contribution in [-0.2, 0) is 6.42 Å². The Morgan fingerprint density at radius 1 is 0.852 bits per heavy atom. The molecule has 2 heterocycles. The van der Waals surface area contributed by atoms with Gasteiger partial charge < -0.3 is 10.4 Å². The quantitative estimate of drug-likeness (QED) is 0.551. The van der Waals surface area contributed by atoms with Crippen LogP contribution in [0.2, 0.25) is 0 Å². The van der Waals surface area contributed by atoms with E-state index in [0.717, 1.165) is 27.8 Å². The molecule has 4 aromatic rings. The van der Waals surface area contributed by atoms with Crippen molar-refractivity contribution < 1.29 is 5.11 Å². The molecule has 0 aliphatic heterocycles. The van der Waals surface area contributed by atoms with E-state index in [0.29, 0.717) is 12.2 Å². The van der Waals surface area contributed by atoms with E-state index < -0.39 is 0 Å². The minimum Gasteiger partial charge on any atom is -0.394 e. The highest BCUT2D eigenvalue weighted by atomic mass is 16.3. The van der Waals surface area contributed by atoms with Crippen LogP contribution >= 0.6 is 0 Å². The second kappa shape index (κ2) is 7.93. The number of benzene rings is 2. The fourth-order valence-corrected chi connectivity index (χ4v) is 3.07. The lowest BCUT2D eigenvalue weighted by Crippen LogP contribution is -2.27. The Hall–Kier alpha value is -3.31. The summed E-state index contributed by atoms with van der Waals surface area (Å²) in [5.74, 6) is 1.36. The number of nitrogens with zero attached hydrogens (tertiary/aromatic N) is 3. The predicted molar refractivity (Wildman–Crippen MR) is 107 cm³/mol. The fourth-order valence-electron chi connectivity index (χ4n) is 3.07. The number of aliphatic hydroxyl groups excluding tert-OH is 1. The Labute approximate surface area is 157 Å². The van der Waals surface area contributed by atoms with Crippen molar-refractivity contribution in [1.29, 1.82) is 0 Å². The first-order valence-corrected chi connectivity index (χ1v) is 8.92. The second-order valence-electron chi connectivity index (χ2n) is 6.36. The zero-order valence-electron chi connectivity index (χ0n) is 14.8. The largest absolute Gasteiger partial charge is 0.394 e. The van der Waals surface area contributed by atoms with Crippen molar-refractivity contribution in [1.82, 2.24) is 15.0 Å². The lowest BCUT2D eigenvalue weighted by atomic mass is 10.1. The van der Waals surface area contributed by atoms with Crippen LogP contribution in [0.5, 0.6) is 0 Å². The molecule has 0 saturated carbocycles. The molecular formula is C22H20N4O. The molecule has 5 nitrogen and oxygen atoms in total. The Bertz CT molecular complexity index is 1020. The van der Waals surface area contributed by atoms with Gasteiger partial charge in [0.05, 0.1) is 18.2 Å². The third kappa shape index (κ3) is 3.93. The van der Waals surface area contributed by atoms with Gasteiger partial charge in [-0.15, -0.1) is 0 Å². The van der Waals surface area contributed by atoms with Gasteiger partial charge in [-0.25, -0.2) is 9.97 Å². The molecule has 0 fully saturated rings. The molecule has 2 aromatic heterocycles. The van der Waals surface area contributed by atoms with E-state index in [1.807, 2.05) is 54.6 Å². The molecule has 0 spiro atoms. The lowest BCUT2D eigenvalue weighted by molar-refractivity contribution is 0.273. The third-order valence-corrected chi connectivity index (χ3v) is 4.43. The highest BCUT2D eigenvalue weighted by Crippen LogP contribution is 2.25. The zero-order valence-corrected chi connectivity index (χ0v) is 14.8. The molecule has 0 unspecified atom stereocenters. The number of pyridine rings is 1. The van der Waals surface area contributed by atoms with Crippen LogP contribution in [0.4, 0.5) is 5.82 Å². The number of rotatable bonds is 6. The standard InChI is InChI=1S/C22H20N4O/c27-15-18(14-16-6-2-1-3-7-16)24-22-19-8-4-5-9-20(19)25-21(26-22)17-10-12-23-13-11-17/h1-13,18,27H,14-15H2,(H,24,25,26)/t18-/m0/s1. The van der Waals surface area contributed by atoms with Crippen molar-refractivity contribution in [3.63, 3.8) is 0 Å². The van der Waals surface area contributed by atoms with Gasteiger partial charge in [0, 0.05) is 23.3 Å². The summed E-state index contributed by atoms with van der Waals surface area (Å²) in [6.45, 7) is 0.0117. The van der Waals surface area contributed by atoms with Crippen molar-refractivity contribution in [3.8, 4) is 11.4 Å². The van der Waals surface area contributed by atoms with E-state index in [-0.39, 0.29) is 12.6 Å². The molecular weight excluding hydrogens is 336 g/mol. The van der Waals surface area contributed by atoms with Crippen molar-refractivity contribution >= 4 is 16.7 Å². The smallest absolute Gasteiger partial charge is 0.162 e. The summed E-state index contributed by atoms with van der Waals surface area (Å²) in [6, 6.07) is 21.6. The number of hydrogen-bond acceptors (Lipinski definition) is 5. The zero-order chi connectivity index (χ0) is 18.5. The SMILES string of the molecule is OC[C@H](Cc1ccccc1)Nc1nc(-c2ccncc2)nc2ccccc12. The van der Waals surface area contributed by atoms with Crippen molar-refractivity contribution in [2.75, 3.05) is 11.9 Å². The molecule has 0 amide bonds. The van der Waals surface area contributed by atoms with Gasteiger partial charge in [-0.1, -0.05) is 42.5 Å². The first-order valence-electron chi connectivity index (χ1n) is 8.92. The number of nitrogens with one attached hydrogen (secondary N) is 1. The van der Waals surface area contributed by atoms with Crippen molar-refractivity contribution in [2.24, 2.45) is 0 Å². The van der Waals surface area contributed by atoms with Crippen molar-refractivity contribution in [3.05, 3.63) is 84.7 Å². The molecule has 5 heteroatoms. The summed E-state index contributed by atoms with van der Waals surface area (Å²) in [4.78, 5) is 13.5. The molecule has 2 aromatic carbocycles. The van der Waals surface area contributed by atoms with E-state index in [2.05, 4.69) is 27.4 Å². The van der Waals surface area contributed by atoms with Gasteiger partial charge in [-0.3, -0.25) is 4.98 Å². The number of aromatic nitrogens is 3. The molecule has 0 aliphatic carbocycles. The summed E-state index contributed by atoms with van der Waals surface area (Å²) in [5.41, 5.74) is 2.93. The van der Waals surface area contributed by atoms with Gasteiger partial charge in [0.1, 0.15) is 5.82 Å². The number of anilines is 1. The summed E-state index contributed by atoms with van der Waals surface area (Å²) in [7, 11) is 0. The lowest BCUT2D eigenvalue weighted by Gasteiger charge is -2.19. The average molecular weight is 356 g/mol. The number of fused-ring (bicyclic) bond motifs is 1. The number of hydrogen-bond donors (Lipinski definition) is 2. The van der Waals surface area contributed by atoms with E-state index >= 15 is 0 Å². The van der Waals surface area contributed by atoms with Gasteiger partial charge >= 0.3 is 0 Å². The van der Waals surface area contributed by atoms with Crippen LogP contribution in [-0.4, -0.2) is 32.7 Å². The molecule has 0 bridgehead atoms. The Kier molecular flexibility index (Phi) is 5.03. The maximum Gasteiger partial charge on any atom is 0.162 e. The molecule has 0 saturated heterocycles. The summed E-state index contributed by atoms with van der Waals surface area (Å²) >= 11 is 0. The third-order valence-electron chi connectivity index (χ3n) is 4.43. The molecule has 1 atom stereocenters. The van der Waals surface area contributed by atoms with E-state index in [9.17, 15) is 5.11 Å². The fraction of sp³-hybridized carbons (Fsp3) is 0.136. The minimum absolute atomic E-state index is 0.0117. The van der Waals surface area contributed by atoms with Crippen LogP contribution in [0, 0.1) is 0 Å². The van der Waals surface area contributed by atoms with Gasteiger partial charge in [0.25, 0.3) is 0 Å². The van der Waals surface area contributed by atoms with E-state index in [1.54, 1.807) is 12.4 Å². The molecule has 2 N–H and O–H groups in total. The van der Waals surface area contributed by atoms with Crippen LogP contribution < -0.4 is 5.32 Å². The Morgan fingerprint density at radius 2 is 1.59 bits per heavy atom. The summed E-state index contributed by atoms with van der Waals surface area (Å²) in [6.07, 6.45) is 4.17. The van der Waals surface area contributed by atoms with Crippen molar-refractivity contribution in [2.45, 2.75) is 12.5 Å². The van der Waals surface area contributed by atoms with Crippen LogP contribution in [0.15, 0.2) is 79.1 Å².